The molecule has 116 valence electrons. The number of amides is 2. The van der Waals surface area contributed by atoms with E-state index in [-0.39, 0.29) is 11.4 Å². The Morgan fingerprint density at radius 1 is 1.48 bits per heavy atom. The minimum atomic E-state index is -1.11. The van der Waals surface area contributed by atoms with Gasteiger partial charge in [-0.3, -0.25) is 0 Å². The van der Waals surface area contributed by atoms with Crippen LogP contribution < -0.4 is 15.4 Å². The lowest BCUT2D eigenvalue weighted by atomic mass is 10.2. The summed E-state index contributed by atoms with van der Waals surface area (Å²) >= 11 is 1.49. The number of carboxylic acids is 1. The third kappa shape index (κ3) is 5.50. The van der Waals surface area contributed by atoms with Crippen LogP contribution in [0.2, 0.25) is 0 Å². The molecule has 0 aliphatic carbocycles. The molecule has 0 heterocycles. The Balaban J connectivity index is 2.69. The number of methoxy groups -OCH3 is 1. The van der Waals surface area contributed by atoms with Gasteiger partial charge in [-0.05, 0) is 30.6 Å². The predicted octanol–water partition coefficient (Wildman–Crippen LogP) is 2.16. The maximum Gasteiger partial charge on any atom is 0.326 e. The van der Waals surface area contributed by atoms with Gasteiger partial charge in [0.05, 0.1) is 12.8 Å². The zero-order valence-electron chi connectivity index (χ0n) is 11.7. The van der Waals surface area contributed by atoms with Gasteiger partial charge in [-0.15, -0.1) is 0 Å². The number of hydrogen-bond donors (Lipinski definition) is 3. The van der Waals surface area contributed by atoms with Crippen molar-refractivity contribution < 1.29 is 23.8 Å². The SMILES string of the molecule is COc1cc(F)ccc1NC(=O)NC(CCSC)C(=O)O. The number of benzene rings is 1. The van der Waals surface area contributed by atoms with Crippen molar-refractivity contribution in [1.82, 2.24) is 5.32 Å². The molecular formula is C13H17FN2O4S. The van der Waals surface area contributed by atoms with Crippen molar-refractivity contribution in [3.63, 3.8) is 0 Å². The lowest BCUT2D eigenvalue weighted by molar-refractivity contribution is -0.139. The van der Waals surface area contributed by atoms with Gasteiger partial charge in [0.25, 0.3) is 0 Å². The topological polar surface area (TPSA) is 87.7 Å². The number of urea groups is 1. The third-order valence-corrected chi connectivity index (χ3v) is 3.27. The molecule has 0 aliphatic rings. The van der Waals surface area contributed by atoms with E-state index in [1.54, 1.807) is 0 Å². The number of carbonyl (C=O) groups excluding carboxylic acids is 1. The van der Waals surface area contributed by atoms with Crippen molar-refractivity contribution in [2.75, 3.05) is 24.4 Å². The maximum absolute atomic E-state index is 13.0. The molecule has 1 aromatic carbocycles. The number of halogens is 1. The second kappa shape index (κ2) is 8.35. The fourth-order valence-electron chi connectivity index (χ4n) is 1.58. The summed E-state index contributed by atoms with van der Waals surface area (Å²) < 4.78 is 18.0. The highest BCUT2D eigenvalue weighted by Crippen LogP contribution is 2.24. The summed E-state index contributed by atoms with van der Waals surface area (Å²) in [5.74, 6) is -0.843. The average molecular weight is 316 g/mol. The molecule has 1 atom stereocenters. The van der Waals surface area contributed by atoms with Crippen LogP contribution >= 0.6 is 11.8 Å². The highest BCUT2D eigenvalue weighted by molar-refractivity contribution is 7.98. The third-order valence-electron chi connectivity index (χ3n) is 2.63. The highest BCUT2D eigenvalue weighted by atomic mass is 32.2. The monoisotopic (exact) mass is 316 g/mol. The van der Waals surface area contributed by atoms with Crippen LogP contribution in [0.5, 0.6) is 5.75 Å². The second-order valence-electron chi connectivity index (χ2n) is 4.12. The molecule has 0 saturated heterocycles. The van der Waals surface area contributed by atoms with Crippen LogP contribution in [0.1, 0.15) is 6.42 Å². The summed E-state index contributed by atoms with van der Waals surface area (Å²) in [5, 5.41) is 13.8. The van der Waals surface area contributed by atoms with Crippen molar-refractivity contribution >= 4 is 29.4 Å². The Bertz CT molecular complexity index is 513. The Kier molecular flexibility index (Phi) is 6.80. The maximum atomic E-state index is 13.0. The molecule has 0 aromatic heterocycles. The van der Waals surface area contributed by atoms with E-state index in [2.05, 4.69) is 10.6 Å². The van der Waals surface area contributed by atoms with Crippen LogP contribution in [0.3, 0.4) is 0 Å². The van der Waals surface area contributed by atoms with Crippen LogP contribution in [0.25, 0.3) is 0 Å². The van der Waals surface area contributed by atoms with Gasteiger partial charge < -0.3 is 20.5 Å². The first kappa shape index (κ1) is 17.1. The molecule has 0 radical (unpaired) electrons. The average Bonchev–Trinajstić information content (AvgIpc) is 2.44. The highest BCUT2D eigenvalue weighted by Gasteiger charge is 2.20. The van der Waals surface area contributed by atoms with Gasteiger partial charge in [0.2, 0.25) is 0 Å². The molecule has 0 bridgehead atoms. The van der Waals surface area contributed by atoms with Crippen LogP contribution in [-0.4, -0.2) is 42.3 Å². The second-order valence-corrected chi connectivity index (χ2v) is 5.10. The number of carboxylic acid groups (broad SMARTS) is 1. The van der Waals surface area contributed by atoms with Crippen molar-refractivity contribution in [2.24, 2.45) is 0 Å². The summed E-state index contributed by atoms with van der Waals surface area (Å²) in [4.78, 5) is 22.8. The first-order valence-electron chi connectivity index (χ1n) is 6.10. The van der Waals surface area contributed by atoms with Gasteiger partial charge in [0.15, 0.2) is 0 Å². The number of nitrogens with one attached hydrogen (secondary N) is 2. The first-order chi connectivity index (χ1) is 9.97. The molecule has 2 amide bonds. The number of thioether (sulfide) groups is 1. The van der Waals surface area contributed by atoms with Gasteiger partial charge in [0, 0.05) is 6.07 Å². The number of carbonyl (C=O) groups is 2. The molecule has 8 heteroatoms. The van der Waals surface area contributed by atoms with E-state index in [4.69, 9.17) is 9.84 Å². The number of hydrogen-bond acceptors (Lipinski definition) is 4. The zero-order chi connectivity index (χ0) is 15.8. The Morgan fingerprint density at radius 2 is 2.19 bits per heavy atom. The molecule has 0 saturated carbocycles. The van der Waals surface area contributed by atoms with E-state index >= 15 is 0 Å². The summed E-state index contributed by atoms with van der Waals surface area (Å²) in [6.07, 6.45) is 2.16. The smallest absolute Gasteiger partial charge is 0.326 e. The standard InChI is InChI=1S/C13H17FN2O4S/c1-20-11-7-8(14)3-4-9(11)15-13(19)16-10(12(17)18)5-6-21-2/h3-4,7,10H,5-6H2,1-2H3,(H,17,18)(H2,15,16,19). The minimum Gasteiger partial charge on any atom is -0.494 e. The lowest BCUT2D eigenvalue weighted by Crippen LogP contribution is -2.43. The summed E-state index contributed by atoms with van der Waals surface area (Å²) in [5.41, 5.74) is 0.255. The molecule has 21 heavy (non-hydrogen) atoms. The number of ether oxygens (including phenoxy) is 1. The van der Waals surface area contributed by atoms with Crippen LogP contribution in [0, 0.1) is 5.82 Å². The molecule has 1 rings (SSSR count). The molecule has 3 N–H and O–H groups in total. The molecule has 0 spiro atoms. The molecular weight excluding hydrogens is 299 g/mol. The van der Waals surface area contributed by atoms with Crippen LogP contribution in [-0.2, 0) is 4.79 Å². The first-order valence-corrected chi connectivity index (χ1v) is 7.50. The molecule has 0 aliphatic heterocycles. The summed E-state index contributed by atoms with van der Waals surface area (Å²) in [6, 6.07) is 1.96. The van der Waals surface area contributed by atoms with E-state index < -0.39 is 23.9 Å². The van der Waals surface area contributed by atoms with Gasteiger partial charge in [0.1, 0.15) is 17.6 Å². The van der Waals surface area contributed by atoms with Gasteiger partial charge in [-0.1, -0.05) is 0 Å². The van der Waals surface area contributed by atoms with E-state index in [1.165, 1.54) is 31.0 Å². The van der Waals surface area contributed by atoms with Crippen molar-refractivity contribution in [1.29, 1.82) is 0 Å². The minimum absolute atomic E-state index is 0.154. The lowest BCUT2D eigenvalue weighted by Gasteiger charge is -2.15. The van der Waals surface area contributed by atoms with Crippen molar-refractivity contribution in [3.05, 3.63) is 24.0 Å². The Morgan fingerprint density at radius 3 is 2.76 bits per heavy atom. The quantitative estimate of drug-likeness (QED) is 0.717. The normalized spacial score (nSPS) is 11.6. The Labute approximate surface area is 126 Å². The van der Waals surface area contributed by atoms with Crippen LogP contribution in [0.4, 0.5) is 14.9 Å². The van der Waals surface area contributed by atoms with Gasteiger partial charge >= 0.3 is 12.0 Å². The Hall–Kier alpha value is -1.96. The molecule has 1 unspecified atom stereocenters. The molecule has 6 nitrogen and oxygen atoms in total. The summed E-state index contributed by atoms with van der Waals surface area (Å²) in [6.45, 7) is 0. The van der Waals surface area contributed by atoms with Gasteiger partial charge in [-0.2, -0.15) is 11.8 Å². The zero-order valence-corrected chi connectivity index (χ0v) is 12.5. The van der Waals surface area contributed by atoms with E-state index in [0.29, 0.717) is 12.2 Å². The number of rotatable bonds is 7. The number of anilines is 1. The van der Waals surface area contributed by atoms with Crippen LogP contribution in [0.15, 0.2) is 18.2 Å². The van der Waals surface area contributed by atoms with Gasteiger partial charge in [-0.25, -0.2) is 14.0 Å². The summed E-state index contributed by atoms with van der Waals surface area (Å²) in [7, 11) is 1.34. The fraction of sp³-hybridized carbons (Fsp3) is 0.385. The molecule has 1 aromatic rings. The fourth-order valence-corrected chi connectivity index (χ4v) is 2.05. The number of aliphatic carboxylic acids is 1. The van der Waals surface area contributed by atoms with Crippen molar-refractivity contribution in [3.8, 4) is 5.75 Å². The van der Waals surface area contributed by atoms with E-state index in [9.17, 15) is 14.0 Å². The van der Waals surface area contributed by atoms with E-state index in [1.807, 2.05) is 6.26 Å². The molecule has 0 fully saturated rings. The van der Waals surface area contributed by atoms with E-state index in [0.717, 1.165) is 6.07 Å². The van der Waals surface area contributed by atoms with Crippen molar-refractivity contribution in [2.45, 2.75) is 12.5 Å². The largest absolute Gasteiger partial charge is 0.494 e. The predicted molar refractivity (Wildman–Crippen MR) is 79.5 cm³/mol.